The van der Waals surface area contributed by atoms with Gasteiger partial charge in [-0.25, -0.2) is 4.98 Å². The van der Waals surface area contributed by atoms with Crippen molar-refractivity contribution in [3.05, 3.63) is 24.0 Å². The maximum absolute atomic E-state index is 5.98. The predicted octanol–water partition coefficient (Wildman–Crippen LogP) is 2.34. The molecular formula is C12H17ClN6. The highest BCUT2D eigenvalue weighted by molar-refractivity contribution is 6.28. The molecule has 102 valence electrons. The molecule has 0 unspecified atom stereocenters. The topological polar surface area (TPSA) is 59.7 Å². The minimum atomic E-state index is -0.0586. The first kappa shape index (κ1) is 13.7. The van der Waals surface area contributed by atoms with E-state index in [2.05, 4.69) is 40.7 Å². The van der Waals surface area contributed by atoms with Gasteiger partial charge in [0.15, 0.2) is 0 Å². The fraction of sp³-hybridized carbons (Fsp3) is 0.500. The largest absolute Gasteiger partial charge is 0.339 e. The first-order valence-electron chi connectivity index (χ1n) is 6.08. The van der Waals surface area contributed by atoms with E-state index < -0.39 is 0 Å². The average molecular weight is 281 g/mol. The first-order valence-corrected chi connectivity index (χ1v) is 6.45. The molecule has 2 heterocycles. The molecule has 0 radical (unpaired) electrons. The van der Waals surface area contributed by atoms with Crippen molar-refractivity contribution in [2.24, 2.45) is 0 Å². The second kappa shape index (κ2) is 5.13. The number of hydrogen-bond acceptors (Lipinski definition) is 5. The number of rotatable bonds is 4. The molecule has 0 saturated carbocycles. The SMILES string of the molecule is CCC(C)(C)N(C)c1nc(Cl)nc(-n2ccnc2)n1. The van der Waals surface area contributed by atoms with Gasteiger partial charge in [-0.1, -0.05) is 6.92 Å². The molecule has 2 aromatic rings. The van der Waals surface area contributed by atoms with Gasteiger partial charge in [-0.3, -0.25) is 4.57 Å². The van der Waals surface area contributed by atoms with E-state index in [1.807, 2.05) is 11.9 Å². The summed E-state index contributed by atoms with van der Waals surface area (Å²) in [6.45, 7) is 6.37. The second-order valence-corrected chi connectivity index (χ2v) is 5.24. The first-order chi connectivity index (χ1) is 8.94. The van der Waals surface area contributed by atoms with Crippen LogP contribution >= 0.6 is 11.6 Å². The third-order valence-electron chi connectivity index (χ3n) is 3.39. The molecule has 0 aliphatic rings. The van der Waals surface area contributed by atoms with E-state index in [4.69, 9.17) is 11.6 Å². The zero-order valence-corrected chi connectivity index (χ0v) is 12.3. The molecule has 0 fully saturated rings. The molecule has 0 bridgehead atoms. The molecule has 0 saturated heterocycles. The van der Waals surface area contributed by atoms with Gasteiger partial charge in [-0.15, -0.1) is 0 Å². The molecule has 2 rings (SSSR count). The third-order valence-corrected chi connectivity index (χ3v) is 3.56. The van der Waals surface area contributed by atoms with Crippen LogP contribution in [0, 0.1) is 0 Å². The van der Waals surface area contributed by atoms with Crippen molar-refractivity contribution in [3.8, 4) is 5.95 Å². The lowest BCUT2D eigenvalue weighted by Gasteiger charge is -2.34. The molecule has 0 N–H and O–H groups in total. The van der Waals surface area contributed by atoms with Crippen molar-refractivity contribution in [1.29, 1.82) is 0 Å². The summed E-state index contributed by atoms with van der Waals surface area (Å²) in [5.41, 5.74) is -0.0586. The van der Waals surface area contributed by atoms with Crippen LogP contribution in [-0.4, -0.2) is 37.1 Å². The van der Waals surface area contributed by atoms with E-state index >= 15 is 0 Å². The zero-order chi connectivity index (χ0) is 14.0. The summed E-state index contributed by atoms with van der Waals surface area (Å²) in [5.74, 6) is 1.02. The van der Waals surface area contributed by atoms with E-state index in [9.17, 15) is 0 Å². The van der Waals surface area contributed by atoms with Crippen LogP contribution in [0.2, 0.25) is 5.28 Å². The Bertz CT molecular complexity index is 551. The van der Waals surface area contributed by atoms with Crippen LogP contribution in [0.25, 0.3) is 5.95 Å². The summed E-state index contributed by atoms with van der Waals surface area (Å²) in [6.07, 6.45) is 6.02. The lowest BCUT2D eigenvalue weighted by atomic mass is 10.0. The van der Waals surface area contributed by atoms with E-state index in [0.29, 0.717) is 11.9 Å². The monoisotopic (exact) mass is 280 g/mol. The Balaban J connectivity index is 2.43. The number of hydrogen-bond donors (Lipinski definition) is 0. The third kappa shape index (κ3) is 2.84. The maximum Gasteiger partial charge on any atom is 0.241 e. The van der Waals surface area contributed by atoms with Crippen molar-refractivity contribution >= 4 is 17.5 Å². The Morgan fingerprint density at radius 3 is 2.63 bits per heavy atom. The summed E-state index contributed by atoms with van der Waals surface area (Å²) in [4.78, 5) is 18.7. The molecule has 0 aliphatic carbocycles. The van der Waals surface area contributed by atoms with Gasteiger partial charge in [0.2, 0.25) is 17.2 Å². The Hall–Kier alpha value is -1.69. The van der Waals surface area contributed by atoms with E-state index in [0.717, 1.165) is 6.42 Å². The van der Waals surface area contributed by atoms with Crippen molar-refractivity contribution in [3.63, 3.8) is 0 Å². The Labute approximate surface area is 117 Å². The summed E-state index contributed by atoms with van der Waals surface area (Å²) in [5, 5.41) is 0.174. The van der Waals surface area contributed by atoms with Crippen LogP contribution in [0.1, 0.15) is 27.2 Å². The highest BCUT2D eigenvalue weighted by atomic mass is 35.5. The number of imidazole rings is 1. The van der Waals surface area contributed by atoms with Crippen LogP contribution in [0.4, 0.5) is 5.95 Å². The van der Waals surface area contributed by atoms with E-state index in [-0.39, 0.29) is 10.8 Å². The fourth-order valence-corrected chi connectivity index (χ4v) is 1.63. The molecule has 6 nitrogen and oxygen atoms in total. The van der Waals surface area contributed by atoms with Gasteiger partial charge < -0.3 is 4.90 Å². The van der Waals surface area contributed by atoms with Crippen LogP contribution < -0.4 is 4.90 Å². The highest BCUT2D eigenvalue weighted by Crippen LogP contribution is 2.22. The standard InChI is InChI=1S/C12H17ClN6/c1-5-12(2,3)18(4)10-15-9(13)16-11(17-10)19-7-6-14-8-19/h6-8H,5H2,1-4H3. The molecule has 0 aromatic carbocycles. The molecule has 2 aromatic heterocycles. The maximum atomic E-state index is 5.98. The van der Waals surface area contributed by atoms with Gasteiger partial charge in [-0.05, 0) is 31.9 Å². The molecular weight excluding hydrogens is 264 g/mol. The summed E-state index contributed by atoms with van der Waals surface area (Å²) < 4.78 is 1.70. The summed E-state index contributed by atoms with van der Waals surface area (Å²) in [6, 6.07) is 0. The second-order valence-electron chi connectivity index (χ2n) is 4.90. The van der Waals surface area contributed by atoms with Gasteiger partial charge in [0, 0.05) is 25.0 Å². The van der Waals surface area contributed by atoms with Crippen molar-refractivity contribution in [1.82, 2.24) is 24.5 Å². The Kier molecular flexibility index (Phi) is 3.71. The lowest BCUT2D eigenvalue weighted by Crippen LogP contribution is -2.41. The quantitative estimate of drug-likeness (QED) is 0.860. The van der Waals surface area contributed by atoms with Crippen LogP contribution in [0.3, 0.4) is 0 Å². The van der Waals surface area contributed by atoms with Crippen LogP contribution in [-0.2, 0) is 0 Å². The smallest absolute Gasteiger partial charge is 0.241 e. The van der Waals surface area contributed by atoms with E-state index in [1.165, 1.54) is 0 Å². The Morgan fingerprint density at radius 1 is 1.32 bits per heavy atom. The zero-order valence-electron chi connectivity index (χ0n) is 11.5. The van der Waals surface area contributed by atoms with Gasteiger partial charge in [0.05, 0.1) is 0 Å². The number of anilines is 1. The lowest BCUT2D eigenvalue weighted by molar-refractivity contribution is 0.462. The van der Waals surface area contributed by atoms with Crippen LogP contribution in [0.5, 0.6) is 0 Å². The van der Waals surface area contributed by atoms with E-state index in [1.54, 1.807) is 23.3 Å². The number of aromatic nitrogens is 5. The molecule has 7 heteroatoms. The molecule has 0 atom stereocenters. The Morgan fingerprint density at radius 2 is 2.05 bits per heavy atom. The minimum absolute atomic E-state index is 0.0586. The summed E-state index contributed by atoms with van der Waals surface area (Å²) in [7, 11) is 1.95. The highest BCUT2D eigenvalue weighted by Gasteiger charge is 2.24. The van der Waals surface area contributed by atoms with Crippen molar-refractivity contribution in [2.45, 2.75) is 32.7 Å². The molecule has 0 spiro atoms. The van der Waals surface area contributed by atoms with Gasteiger partial charge in [-0.2, -0.15) is 15.0 Å². The normalized spacial score (nSPS) is 11.6. The van der Waals surface area contributed by atoms with Crippen LogP contribution in [0.15, 0.2) is 18.7 Å². The molecule has 0 aliphatic heterocycles. The molecule has 0 amide bonds. The van der Waals surface area contributed by atoms with Gasteiger partial charge in [0.1, 0.15) is 6.33 Å². The van der Waals surface area contributed by atoms with Gasteiger partial charge in [0.25, 0.3) is 0 Å². The number of halogens is 1. The van der Waals surface area contributed by atoms with Crippen molar-refractivity contribution in [2.75, 3.05) is 11.9 Å². The fourth-order valence-electron chi connectivity index (χ4n) is 1.48. The molecule has 19 heavy (non-hydrogen) atoms. The minimum Gasteiger partial charge on any atom is -0.339 e. The average Bonchev–Trinajstić information content (AvgIpc) is 2.91. The summed E-state index contributed by atoms with van der Waals surface area (Å²) >= 11 is 5.98. The van der Waals surface area contributed by atoms with Crippen molar-refractivity contribution < 1.29 is 0 Å². The van der Waals surface area contributed by atoms with Gasteiger partial charge >= 0.3 is 0 Å². The predicted molar refractivity (Wildman–Crippen MR) is 74.7 cm³/mol. The number of nitrogens with zero attached hydrogens (tertiary/aromatic N) is 6.